The summed E-state index contributed by atoms with van der Waals surface area (Å²) in [6.07, 6.45) is -4.63. The number of esters is 1. The monoisotopic (exact) mass is 388 g/mol. The molecule has 0 fully saturated rings. The average Bonchev–Trinajstić information content (AvgIpc) is 2.89. The molecule has 10 heteroatoms. The van der Waals surface area contributed by atoms with Gasteiger partial charge in [0.2, 0.25) is 0 Å². The van der Waals surface area contributed by atoms with Crippen LogP contribution in [0.5, 0.6) is 0 Å². The van der Waals surface area contributed by atoms with Gasteiger partial charge in [-0.15, -0.1) is 0 Å². The van der Waals surface area contributed by atoms with Gasteiger partial charge in [-0.2, -0.15) is 13.2 Å². The summed E-state index contributed by atoms with van der Waals surface area (Å²) in [5, 5.41) is 3.89. The maximum absolute atomic E-state index is 12.6. The van der Waals surface area contributed by atoms with Gasteiger partial charge in [-0.25, -0.2) is 0 Å². The van der Waals surface area contributed by atoms with Crippen LogP contribution in [0.3, 0.4) is 0 Å². The first-order valence-electron chi connectivity index (χ1n) is 7.44. The average molecular weight is 388 g/mol. The fourth-order valence-corrected chi connectivity index (χ4v) is 2.83. The molecule has 1 aromatic carbocycles. The lowest BCUT2D eigenvalue weighted by Crippen LogP contribution is -2.23. The Hall–Kier alpha value is -2.62. The summed E-state index contributed by atoms with van der Waals surface area (Å²) in [6, 6.07) is 4.11. The zero-order chi connectivity index (χ0) is 19.3. The Labute approximate surface area is 150 Å². The highest BCUT2D eigenvalue weighted by atomic mass is 32.1. The molecule has 0 unspecified atom stereocenters. The number of hydrogen-bond donors (Lipinski definition) is 1. The van der Waals surface area contributed by atoms with E-state index in [1.165, 1.54) is 10.6 Å². The Balaban J connectivity index is 1.81. The molecule has 0 bridgehead atoms. The number of aryl methyl sites for hydroxylation is 1. The first kappa shape index (κ1) is 19.7. The van der Waals surface area contributed by atoms with Crippen molar-refractivity contribution in [1.82, 2.24) is 4.57 Å². The third kappa shape index (κ3) is 5.45. The van der Waals surface area contributed by atoms with Gasteiger partial charge in [-0.05, 0) is 25.1 Å². The minimum atomic E-state index is -4.52. The number of nitrogens with zero attached hydrogens (tertiary/aromatic N) is 1. The van der Waals surface area contributed by atoms with Gasteiger partial charge in [-0.1, -0.05) is 17.4 Å². The molecular weight excluding hydrogens is 373 g/mol. The molecule has 1 amide bonds. The fraction of sp³-hybridized carbons (Fsp3) is 0.312. The molecule has 0 radical (unpaired) electrons. The molecule has 6 nitrogen and oxygen atoms in total. The zero-order valence-corrected chi connectivity index (χ0v) is 14.4. The number of carbonyl (C=O) groups excluding carboxylic acids is 2. The number of nitrogens with one attached hydrogen (secondary N) is 1. The minimum Gasteiger partial charge on any atom is -0.456 e. The van der Waals surface area contributed by atoms with E-state index < -0.39 is 30.2 Å². The number of hydrogen-bond acceptors (Lipinski definition) is 5. The van der Waals surface area contributed by atoms with Crippen LogP contribution < -0.4 is 10.2 Å². The van der Waals surface area contributed by atoms with E-state index in [1.807, 2.05) is 0 Å². The summed E-state index contributed by atoms with van der Waals surface area (Å²) < 4.78 is 44.0. The van der Waals surface area contributed by atoms with Crippen LogP contribution in [0.4, 0.5) is 18.9 Å². The van der Waals surface area contributed by atoms with Crippen LogP contribution in [0.15, 0.2) is 34.4 Å². The van der Waals surface area contributed by atoms with E-state index in [4.69, 9.17) is 4.74 Å². The molecule has 26 heavy (non-hydrogen) atoms. The molecular formula is C16H15F3N2O4S. The van der Waals surface area contributed by atoms with Gasteiger partial charge < -0.3 is 14.6 Å². The second-order valence-corrected chi connectivity index (χ2v) is 6.15. The normalized spacial score (nSPS) is 11.2. The quantitative estimate of drug-likeness (QED) is 0.772. The molecule has 2 rings (SSSR count). The van der Waals surface area contributed by atoms with E-state index in [9.17, 15) is 27.6 Å². The minimum absolute atomic E-state index is 0.0543. The number of amides is 1. The molecule has 1 N–H and O–H groups in total. The smallest absolute Gasteiger partial charge is 0.416 e. The number of ether oxygens (including phenoxy) is 1. The van der Waals surface area contributed by atoms with Crippen LogP contribution in [0.1, 0.15) is 17.7 Å². The first-order valence-corrected chi connectivity index (χ1v) is 8.32. The largest absolute Gasteiger partial charge is 0.456 e. The van der Waals surface area contributed by atoms with Gasteiger partial charge in [0.25, 0.3) is 5.91 Å². The summed E-state index contributed by atoms with van der Waals surface area (Å²) in [5.74, 6) is -1.46. The Morgan fingerprint density at radius 2 is 2.04 bits per heavy atom. The fourth-order valence-electron chi connectivity index (χ4n) is 2.07. The molecule has 0 saturated heterocycles. The van der Waals surface area contributed by atoms with E-state index in [2.05, 4.69) is 5.32 Å². The van der Waals surface area contributed by atoms with Crippen molar-refractivity contribution in [3.63, 3.8) is 0 Å². The van der Waals surface area contributed by atoms with E-state index in [-0.39, 0.29) is 23.5 Å². The van der Waals surface area contributed by atoms with Crippen LogP contribution in [0, 0.1) is 6.92 Å². The predicted molar refractivity (Wildman–Crippen MR) is 89.0 cm³/mol. The molecule has 140 valence electrons. The van der Waals surface area contributed by atoms with Crippen molar-refractivity contribution in [3.05, 3.63) is 50.6 Å². The number of aromatic nitrogens is 1. The second-order valence-electron chi connectivity index (χ2n) is 5.33. The molecule has 0 spiro atoms. The molecule has 0 aliphatic heterocycles. The molecule has 0 saturated carbocycles. The van der Waals surface area contributed by atoms with Gasteiger partial charge in [0.05, 0.1) is 12.0 Å². The number of alkyl halides is 3. The number of carbonyl (C=O) groups is 2. The zero-order valence-electron chi connectivity index (χ0n) is 13.6. The molecule has 2 aromatic rings. The number of rotatable bonds is 6. The van der Waals surface area contributed by atoms with Crippen LogP contribution in [-0.4, -0.2) is 23.1 Å². The summed E-state index contributed by atoms with van der Waals surface area (Å²) in [7, 11) is 0. The van der Waals surface area contributed by atoms with E-state index in [1.54, 1.807) is 12.3 Å². The SMILES string of the molecule is Cc1csc(=O)n1CCC(=O)OCC(=O)Nc1cccc(C(F)(F)F)c1. The summed E-state index contributed by atoms with van der Waals surface area (Å²) in [4.78, 5) is 34.6. The third-order valence-electron chi connectivity index (χ3n) is 3.35. The Kier molecular flexibility index (Phi) is 6.19. The number of thiazole rings is 1. The van der Waals surface area contributed by atoms with Gasteiger partial charge in [0, 0.05) is 23.3 Å². The molecule has 1 heterocycles. The van der Waals surface area contributed by atoms with Crippen LogP contribution in [-0.2, 0) is 27.0 Å². The van der Waals surface area contributed by atoms with Crippen molar-refractivity contribution in [3.8, 4) is 0 Å². The Morgan fingerprint density at radius 3 is 2.65 bits per heavy atom. The topological polar surface area (TPSA) is 77.4 Å². The first-order chi connectivity index (χ1) is 12.2. The van der Waals surface area contributed by atoms with Crippen molar-refractivity contribution in [2.75, 3.05) is 11.9 Å². The van der Waals surface area contributed by atoms with Gasteiger partial charge in [0.15, 0.2) is 6.61 Å². The molecule has 0 atom stereocenters. The van der Waals surface area contributed by atoms with Crippen LogP contribution >= 0.6 is 11.3 Å². The Morgan fingerprint density at radius 1 is 1.31 bits per heavy atom. The summed E-state index contributed by atoms with van der Waals surface area (Å²) >= 11 is 1.02. The number of halogens is 3. The van der Waals surface area contributed by atoms with Crippen molar-refractivity contribution in [2.45, 2.75) is 26.1 Å². The van der Waals surface area contributed by atoms with E-state index in [0.717, 1.165) is 35.2 Å². The van der Waals surface area contributed by atoms with E-state index in [0.29, 0.717) is 0 Å². The van der Waals surface area contributed by atoms with Crippen LogP contribution in [0.2, 0.25) is 0 Å². The lowest BCUT2D eigenvalue weighted by atomic mass is 10.2. The maximum atomic E-state index is 12.6. The lowest BCUT2D eigenvalue weighted by molar-refractivity contribution is -0.147. The van der Waals surface area contributed by atoms with Gasteiger partial charge in [0.1, 0.15) is 0 Å². The predicted octanol–water partition coefficient (Wildman–Crippen LogP) is 2.81. The van der Waals surface area contributed by atoms with Crippen LogP contribution in [0.25, 0.3) is 0 Å². The van der Waals surface area contributed by atoms with Crippen molar-refractivity contribution in [2.24, 2.45) is 0 Å². The Bertz CT molecular complexity index is 858. The molecule has 0 aliphatic carbocycles. The maximum Gasteiger partial charge on any atom is 0.416 e. The molecule has 1 aromatic heterocycles. The standard InChI is InChI=1S/C16H15F3N2O4S/c1-10-9-26-15(24)21(10)6-5-14(23)25-8-13(22)20-12-4-2-3-11(7-12)16(17,18)19/h2-4,7,9H,5-6,8H2,1H3,(H,20,22). The van der Waals surface area contributed by atoms with Crippen molar-refractivity contribution >= 4 is 28.9 Å². The molecule has 0 aliphatic rings. The number of anilines is 1. The van der Waals surface area contributed by atoms with Crippen molar-refractivity contribution in [1.29, 1.82) is 0 Å². The third-order valence-corrected chi connectivity index (χ3v) is 4.23. The highest BCUT2D eigenvalue weighted by Crippen LogP contribution is 2.30. The van der Waals surface area contributed by atoms with Gasteiger partial charge in [-0.3, -0.25) is 14.4 Å². The van der Waals surface area contributed by atoms with Crippen molar-refractivity contribution < 1.29 is 27.5 Å². The summed E-state index contributed by atoms with van der Waals surface area (Å²) in [6.45, 7) is 1.22. The summed E-state index contributed by atoms with van der Waals surface area (Å²) in [5.41, 5.74) is -0.236. The highest BCUT2D eigenvalue weighted by Gasteiger charge is 2.30. The van der Waals surface area contributed by atoms with E-state index >= 15 is 0 Å². The van der Waals surface area contributed by atoms with Gasteiger partial charge >= 0.3 is 17.0 Å². The second kappa shape index (κ2) is 8.17. The highest BCUT2D eigenvalue weighted by molar-refractivity contribution is 7.07. The number of benzene rings is 1. The lowest BCUT2D eigenvalue weighted by Gasteiger charge is -2.10.